The van der Waals surface area contributed by atoms with E-state index in [2.05, 4.69) is 22.0 Å². The van der Waals surface area contributed by atoms with Gasteiger partial charge in [-0.1, -0.05) is 12.1 Å². The summed E-state index contributed by atoms with van der Waals surface area (Å²) in [6, 6.07) is 7.75. The van der Waals surface area contributed by atoms with Gasteiger partial charge in [0, 0.05) is 44.2 Å². The Kier molecular flexibility index (Phi) is 7.05. The third kappa shape index (κ3) is 5.23. The van der Waals surface area contributed by atoms with Crippen LogP contribution in [0.15, 0.2) is 24.3 Å². The molecular weight excluding hydrogens is 272 g/mol. The predicted molar refractivity (Wildman–Crippen MR) is 85.1 cm³/mol. The highest BCUT2D eigenvalue weighted by Crippen LogP contribution is 2.25. The minimum Gasteiger partial charge on any atom is -0.493 e. The zero-order chi connectivity index (χ0) is 14.0. The molecule has 0 radical (unpaired) electrons. The molecule has 1 aromatic rings. The van der Waals surface area contributed by atoms with Crippen molar-refractivity contribution in [2.45, 2.75) is 0 Å². The number of thioether (sulfide) groups is 1. The summed E-state index contributed by atoms with van der Waals surface area (Å²) in [5.74, 6) is 4.15. The number of methoxy groups -OCH3 is 1. The van der Waals surface area contributed by atoms with Crippen molar-refractivity contribution in [2.75, 3.05) is 57.9 Å². The van der Waals surface area contributed by atoms with Gasteiger partial charge in [0.2, 0.25) is 0 Å². The van der Waals surface area contributed by atoms with Crippen LogP contribution < -0.4 is 14.8 Å². The summed E-state index contributed by atoms with van der Waals surface area (Å²) in [5, 5.41) is 3.43. The van der Waals surface area contributed by atoms with E-state index in [0.29, 0.717) is 6.61 Å². The topological polar surface area (TPSA) is 33.7 Å². The van der Waals surface area contributed by atoms with Gasteiger partial charge in [-0.2, -0.15) is 11.8 Å². The second-order valence-electron chi connectivity index (χ2n) is 4.70. The third-order valence-corrected chi connectivity index (χ3v) is 4.26. The quantitative estimate of drug-likeness (QED) is 0.739. The van der Waals surface area contributed by atoms with Crippen molar-refractivity contribution in [2.24, 2.45) is 0 Å². The number of hydrogen-bond donors (Lipinski definition) is 1. The fraction of sp³-hybridized carbons (Fsp3) is 0.600. The van der Waals surface area contributed by atoms with Gasteiger partial charge >= 0.3 is 0 Å². The molecule has 0 spiro atoms. The molecule has 1 aliphatic heterocycles. The predicted octanol–water partition coefficient (Wildman–Crippen LogP) is 1.71. The van der Waals surface area contributed by atoms with E-state index in [9.17, 15) is 0 Å². The molecule has 1 N–H and O–H groups in total. The molecule has 0 amide bonds. The Bertz CT molecular complexity index is 384. The van der Waals surface area contributed by atoms with E-state index >= 15 is 0 Å². The van der Waals surface area contributed by atoms with Crippen molar-refractivity contribution in [3.8, 4) is 11.5 Å². The molecule has 0 unspecified atom stereocenters. The normalized spacial score (nSPS) is 16.1. The van der Waals surface area contributed by atoms with E-state index in [1.807, 2.05) is 24.3 Å². The van der Waals surface area contributed by atoms with Crippen LogP contribution in [-0.4, -0.2) is 62.8 Å². The lowest BCUT2D eigenvalue weighted by Gasteiger charge is -2.26. The number of hydrogen-bond acceptors (Lipinski definition) is 5. The van der Waals surface area contributed by atoms with Crippen LogP contribution in [0, 0.1) is 0 Å². The van der Waals surface area contributed by atoms with E-state index < -0.39 is 0 Å². The van der Waals surface area contributed by atoms with Crippen molar-refractivity contribution in [1.29, 1.82) is 0 Å². The minimum absolute atomic E-state index is 0.663. The maximum absolute atomic E-state index is 5.72. The number of nitrogens with zero attached hydrogens (tertiary/aromatic N) is 1. The molecule has 112 valence electrons. The first kappa shape index (κ1) is 15.5. The van der Waals surface area contributed by atoms with Crippen molar-refractivity contribution >= 4 is 11.8 Å². The molecule has 5 heteroatoms. The van der Waals surface area contributed by atoms with E-state index in [1.165, 1.54) is 24.6 Å². The summed E-state index contributed by atoms with van der Waals surface area (Å²) in [6.45, 7) is 6.14. The highest BCUT2D eigenvalue weighted by Gasteiger charge is 2.08. The van der Waals surface area contributed by atoms with Crippen LogP contribution in [0.3, 0.4) is 0 Å². The summed E-state index contributed by atoms with van der Waals surface area (Å²) in [6.07, 6.45) is 0. The average Bonchev–Trinajstić information content (AvgIpc) is 2.52. The molecule has 0 aromatic heterocycles. The Morgan fingerprint density at radius 2 is 1.90 bits per heavy atom. The average molecular weight is 296 g/mol. The molecule has 1 aliphatic rings. The Morgan fingerprint density at radius 3 is 2.65 bits per heavy atom. The van der Waals surface area contributed by atoms with Gasteiger partial charge in [-0.3, -0.25) is 0 Å². The summed E-state index contributed by atoms with van der Waals surface area (Å²) in [4.78, 5) is 2.52. The maximum atomic E-state index is 5.72. The molecule has 1 heterocycles. The van der Waals surface area contributed by atoms with Gasteiger partial charge in [0.25, 0.3) is 0 Å². The van der Waals surface area contributed by atoms with E-state index in [0.717, 1.165) is 31.1 Å². The molecule has 20 heavy (non-hydrogen) atoms. The van der Waals surface area contributed by atoms with Crippen LogP contribution in [0.4, 0.5) is 0 Å². The fourth-order valence-electron chi connectivity index (χ4n) is 2.16. The van der Waals surface area contributed by atoms with Crippen LogP contribution in [0.5, 0.6) is 11.5 Å². The zero-order valence-electron chi connectivity index (χ0n) is 12.1. The van der Waals surface area contributed by atoms with Crippen molar-refractivity contribution in [3.05, 3.63) is 24.3 Å². The van der Waals surface area contributed by atoms with E-state index in [-0.39, 0.29) is 0 Å². The summed E-state index contributed by atoms with van der Waals surface area (Å²) in [7, 11) is 1.66. The lowest BCUT2D eigenvalue weighted by Crippen LogP contribution is -2.38. The molecule has 4 nitrogen and oxygen atoms in total. The first-order chi connectivity index (χ1) is 9.90. The molecule has 0 saturated carbocycles. The number of rotatable bonds is 8. The molecule has 0 aliphatic carbocycles. The smallest absolute Gasteiger partial charge is 0.161 e. The molecular formula is C15H24N2O2S. The maximum Gasteiger partial charge on any atom is 0.161 e. The Balaban J connectivity index is 1.55. The Hall–Kier alpha value is -0.910. The highest BCUT2D eigenvalue weighted by molar-refractivity contribution is 7.99. The second-order valence-corrected chi connectivity index (χ2v) is 5.93. The van der Waals surface area contributed by atoms with Crippen molar-refractivity contribution in [3.63, 3.8) is 0 Å². The summed E-state index contributed by atoms with van der Waals surface area (Å²) < 4.78 is 11.0. The zero-order valence-corrected chi connectivity index (χ0v) is 13.0. The minimum atomic E-state index is 0.663. The SMILES string of the molecule is COc1ccccc1OCCNCCN1CCSCC1. The van der Waals surface area contributed by atoms with Crippen LogP contribution in [0.1, 0.15) is 0 Å². The van der Waals surface area contributed by atoms with Gasteiger partial charge < -0.3 is 19.7 Å². The highest BCUT2D eigenvalue weighted by atomic mass is 32.2. The molecule has 1 aromatic carbocycles. The van der Waals surface area contributed by atoms with Gasteiger partial charge in [-0.15, -0.1) is 0 Å². The largest absolute Gasteiger partial charge is 0.493 e. The third-order valence-electron chi connectivity index (χ3n) is 3.31. The molecule has 2 rings (SSSR count). The van der Waals surface area contributed by atoms with Crippen molar-refractivity contribution < 1.29 is 9.47 Å². The van der Waals surface area contributed by atoms with Crippen LogP contribution in [0.25, 0.3) is 0 Å². The number of benzene rings is 1. The summed E-state index contributed by atoms with van der Waals surface area (Å²) in [5.41, 5.74) is 0. The first-order valence-corrected chi connectivity index (χ1v) is 8.32. The first-order valence-electron chi connectivity index (χ1n) is 7.17. The lowest BCUT2D eigenvalue weighted by atomic mass is 10.3. The van der Waals surface area contributed by atoms with E-state index in [1.54, 1.807) is 7.11 Å². The standard InChI is InChI=1S/C15H24N2O2S/c1-18-14-4-2-3-5-15(14)19-11-7-16-6-8-17-9-12-20-13-10-17/h2-5,16H,6-13H2,1H3. The molecule has 1 fully saturated rings. The lowest BCUT2D eigenvalue weighted by molar-refractivity contribution is 0.277. The monoisotopic (exact) mass is 296 g/mol. The van der Waals surface area contributed by atoms with E-state index in [4.69, 9.17) is 9.47 Å². The van der Waals surface area contributed by atoms with Gasteiger partial charge in [-0.05, 0) is 12.1 Å². The molecule has 1 saturated heterocycles. The number of para-hydroxylation sites is 2. The van der Waals surface area contributed by atoms with Crippen LogP contribution in [-0.2, 0) is 0 Å². The van der Waals surface area contributed by atoms with Gasteiger partial charge in [0.1, 0.15) is 6.61 Å². The van der Waals surface area contributed by atoms with Crippen LogP contribution >= 0.6 is 11.8 Å². The number of ether oxygens (including phenoxy) is 2. The van der Waals surface area contributed by atoms with Crippen molar-refractivity contribution in [1.82, 2.24) is 10.2 Å². The Morgan fingerprint density at radius 1 is 1.15 bits per heavy atom. The second kappa shape index (κ2) is 9.10. The number of nitrogens with one attached hydrogen (secondary N) is 1. The van der Waals surface area contributed by atoms with Gasteiger partial charge in [0.05, 0.1) is 7.11 Å². The molecule has 0 atom stereocenters. The molecule has 0 bridgehead atoms. The summed E-state index contributed by atoms with van der Waals surface area (Å²) >= 11 is 2.05. The van der Waals surface area contributed by atoms with Gasteiger partial charge in [0.15, 0.2) is 11.5 Å². The van der Waals surface area contributed by atoms with Gasteiger partial charge in [-0.25, -0.2) is 0 Å². The van der Waals surface area contributed by atoms with Crippen LogP contribution in [0.2, 0.25) is 0 Å². The Labute approximate surface area is 125 Å². The fourth-order valence-corrected chi connectivity index (χ4v) is 3.14.